The fraction of sp³-hybridized carbons (Fsp3) is 0.700. The molecule has 0 aromatic carbocycles. The molecule has 0 aliphatic heterocycles. The van der Waals surface area contributed by atoms with E-state index in [1.54, 1.807) is 0 Å². The Morgan fingerprint density at radius 2 is 2.23 bits per heavy atom. The molecule has 13 heavy (non-hydrogen) atoms. The van der Waals surface area contributed by atoms with Gasteiger partial charge in [0.2, 0.25) is 0 Å². The summed E-state index contributed by atoms with van der Waals surface area (Å²) in [5.74, 6) is 1.00. The highest BCUT2D eigenvalue weighted by atomic mass is 16.3. The van der Waals surface area contributed by atoms with Crippen LogP contribution in [0.2, 0.25) is 0 Å². The number of rotatable bonds is 4. The van der Waals surface area contributed by atoms with Crippen LogP contribution in [-0.2, 0) is 12.0 Å². The second-order valence-electron chi connectivity index (χ2n) is 3.90. The zero-order valence-electron chi connectivity index (χ0n) is 8.85. The summed E-state index contributed by atoms with van der Waals surface area (Å²) in [5.41, 5.74) is 1.11. The van der Waals surface area contributed by atoms with Gasteiger partial charge >= 0.3 is 0 Å². The van der Waals surface area contributed by atoms with Crippen molar-refractivity contribution in [2.75, 3.05) is 7.05 Å². The minimum Gasteiger partial charge on any atom is -0.448 e. The highest BCUT2D eigenvalue weighted by Crippen LogP contribution is 2.28. The van der Waals surface area contributed by atoms with Crippen molar-refractivity contribution < 1.29 is 4.42 Å². The van der Waals surface area contributed by atoms with E-state index < -0.39 is 0 Å². The lowest BCUT2D eigenvalue weighted by Crippen LogP contribution is -2.19. The lowest BCUT2D eigenvalue weighted by molar-refractivity contribution is 0.369. The summed E-state index contributed by atoms with van der Waals surface area (Å²) in [7, 11) is 1.91. The third-order valence-electron chi connectivity index (χ3n) is 2.48. The molecule has 1 rings (SSSR count). The Kier molecular flexibility index (Phi) is 3.09. The summed E-state index contributed by atoms with van der Waals surface area (Å²) in [6.45, 7) is 7.28. The smallest absolute Gasteiger partial charge is 0.181 e. The Bertz CT molecular complexity index is 266. The van der Waals surface area contributed by atoms with Crippen molar-refractivity contribution in [2.45, 2.75) is 39.2 Å². The first-order valence-corrected chi connectivity index (χ1v) is 4.69. The van der Waals surface area contributed by atoms with Crippen molar-refractivity contribution in [1.29, 1.82) is 0 Å². The number of aromatic nitrogens is 1. The summed E-state index contributed by atoms with van der Waals surface area (Å²) in [5, 5.41) is 3.08. The fourth-order valence-electron chi connectivity index (χ4n) is 1.27. The Balaban J connectivity index is 2.93. The van der Waals surface area contributed by atoms with E-state index in [0.29, 0.717) is 0 Å². The zero-order chi connectivity index (χ0) is 9.90. The van der Waals surface area contributed by atoms with Crippen LogP contribution in [0.4, 0.5) is 0 Å². The Morgan fingerprint density at radius 3 is 2.77 bits per heavy atom. The molecular weight excluding hydrogens is 164 g/mol. The molecule has 0 atom stereocenters. The van der Waals surface area contributed by atoms with Gasteiger partial charge in [-0.2, -0.15) is 0 Å². The van der Waals surface area contributed by atoms with E-state index in [1.807, 2.05) is 7.05 Å². The van der Waals surface area contributed by atoms with Crippen molar-refractivity contribution >= 4 is 0 Å². The van der Waals surface area contributed by atoms with Gasteiger partial charge in [0, 0.05) is 12.0 Å². The molecule has 0 aliphatic carbocycles. The summed E-state index contributed by atoms with van der Waals surface area (Å²) < 4.78 is 5.42. The zero-order valence-corrected chi connectivity index (χ0v) is 8.85. The topological polar surface area (TPSA) is 38.1 Å². The van der Waals surface area contributed by atoms with E-state index in [9.17, 15) is 0 Å². The van der Waals surface area contributed by atoms with Crippen molar-refractivity contribution in [3.8, 4) is 0 Å². The Morgan fingerprint density at radius 1 is 1.54 bits per heavy atom. The summed E-state index contributed by atoms with van der Waals surface area (Å²) >= 11 is 0. The van der Waals surface area contributed by atoms with Gasteiger partial charge in [-0.05, 0) is 13.5 Å². The van der Waals surface area contributed by atoms with Gasteiger partial charge in [-0.25, -0.2) is 4.98 Å². The van der Waals surface area contributed by atoms with Crippen molar-refractivity contribution in [1.82, 2.24) is 10.3 Å². The van der Waals surface area contributed by atoms with Gasteiger partial charge < -0.3 is 9.73 Å². The van der Waals surface area contributed by atoms with Crippen LogP contribution in [0.25, 0.3) is 0 Å². The molecule has 0 fully saturated rings. The molecule has 0 bridgehead atoms. The van der Waals surface area contributed by atoms with Gasteiger partial charge in [-0.1, -0.05) is 20.8 Å². The van der Waals surface area contributed by atoms with Gasteiger partial charge in [-0.3, -0.25) is 0 Å². The predicted molar refractivity (Wildman–Crippen MR) is 52.6 cm³/mol. The van der Waals surface area contributed by atoms with Crippen LogP contribution < -0.4 is 5.32 Å². The number of hydrogen-bond donors (Lipinski definition) is 1. The number of nitrogens with zero attached hydrogens (tertiary/aromatic N) is 1. The van der Waals surface area contributed by atoms with Crippen LogP contribution >= 0.6 is 0 Å². The maximum absolute atomic E-state index is 5.42. The molecule has 1 heterocycles. The summed E-state index contributed by atoms with van der Waals surface area (Å²) in [4.78, 5) is 4.19. The van der Waals surface area contributed by atoms with Crippen molar-refractivity contribution in [2.24, 2.45) is 0 Å². The first-order chi connectivity index (χ1) is 6.11. The van der Waals surface area contributed by atoms with Crippen LogP contribution in [0, 0.1) is 0 Å². The molecule has 0 spiro atoms. The van der Waals surface area contributed by atoms with E-state index in [2.05, 4.69) is 31.1 Å². The van der Waals surface area contributed by atoms with E-state index in [4.69, 9.17) is 4.42 Å². The summed E-state index contributed by atoms with van der Waals surface area (Å²) in [6, 6.07) is 0. The lowest BCUT2D eigenvalue weighted by atomic mass is 9.86. The van der Waals surface area contributed by atoms with Crippen LogP contribution in [0.5, 0.6) is 0 Å². The van der Waals surface area contributed by atoms with Crippen LogP contribution in [0.15, 0.2) is 10.8 Å². The molecule has 0 saturated carbocycles. The number of oxazole rings is 1. The predicted octanol–water partition coefficient (Wildman–Crippen LogP) is 2.08. The quantitative estimate of drug-likeness (QED) is 0.774. The minimum atomic E-state index is 0.0860. The number of nitrogens with one attached hydrogen (secondary N) is 1. The highest BCUT2D eigenvalue weighted by Gasteiger charge is 2.25. The minimum absolute atomic E-state index is 0.0860. The van der Waals surface area contributed by atoms with E-state index in [-0.39, 0.29) is 5.41 Å². The average molecular weight is 182 g/mol. The molecule has 0 aliphatic rings. The maximum Gasteiger partial charge on any atom is 0.181 e. The number of hydrogen-bond acceptors (Lipinski definition) is 3. The Labute approximate surface area is 79.5 Å². The molecule has 0 saturated heterocycles. The second-order valence-corrected chi connectivity index (χ2v) is 3.90. The van der Waals surface area contributed by atoms with Gasteiger partial charge in [0.1, 0.15) is 5.76 Å². The van der Waals surface area contributed by atoms with Gasteiger partial charge in [0.15, 0.2) is 6.39 Å². The second kappa shape index (κ2) is 3.92. The molecule has 3 heteroatoms. The normalized spacial score (nSPS) is 12.0. The van der Waals surface area contributed by atoms with Gasteiger partial charge in [-0.15, -0.1) is 0 Å². The molecule has 0 unspecified atom stereocenters. The third-order valence-corrected chi connectivity index (χ3v) is 2.48. The van der Waals surface area contributed by atoms with Gasteiger partial charge in [0.05, 0.1) is 5.69 Å². The fourth-order valence-corrected chi connectivity index (χ4v) is 1.27. The SMILES string of the molecule is CCC(C)(C)c1ocnc1CNC. The van der Waals surface area contributed by atoms with Crippen LogP contribution in [-0.4, -0.2) is 12.0 Å². The summed E-state index contributed by atoms with van der Waals surface area (Å²) in [6.07, 6.45) is 2.58. The molecule has 1 aromatic heterocycles. The van der Waals surface area contributed by atoms with Crippen LogP contribution in [0.1, 0.15) is 38.6 Å². The molecule has 0 amide bonds. The maximum atomic E-state index is 5.42. The molecular formula is C10H18N2O. The molecule has 74 valence electrons. The first kappa shape index (κ1) is 10.3. The molecule has 1 N–H and O–H groups in total. The average Bonchev–Trinajstić information content (AvgIpc) is 2.54. The molecule has 0 radical (unpaired) electrons. The standard InChI is InChI=1S/C10H18N2O/c1-5-10(2,3)9-8(6-11-4)12-7-13-9/h7,11H,5-6H2,1-4H3. The highest BCUT2D eigenvalue weighted by molar-refractivity contribution is 5.16. The van der Waals surface area contributed by atoms with Crippen molar-refractivity contribution in [3.63, 3.8) is 0 Å². The molecule has 3 nitrogen and oxygen atoms in total. The largest absolute Gasteiger partial charge is 0.448 e. The Hall–Kier alpha value is -0.830. The molecule has 1 aromatic rings. The lowest BCUT2D eigenvalue weighted by Gasteiger charge is -2.20. The monoisotopic (exact) mass is 182 g/mol. The first-order valence-electron chi connectivity index (χ1n) is 4.69. The third kappa shape index (κ3) is 2.10. The van der Waals surface area contributed by atoms with Crippen LogP contribution in [0.3, 0.4) is 0 Å². The van der Waals surface area contributed by atoms with Crippen molar-refractivity contribution in [3.05, 3.63) is 17.8 Å². The van der Waals surface area contributed by atoms with E-state index in [0.717, 1.165) is 24.4 Å². The van der Waals surface area contributed by atoms with Gasteiger partial charge in [0.25, 0.3) is 0 Å². The van der Waals surface area contributed by atoms with E-state index in [1.165, 1.54) is 6.39 Å². The van der Waals surface area contributed by atoms with E-state index >= 15 is 0 Å².